The first-order valence-corrected chi connectivity index (χ1v) is 8.98. The molecule has 1 saturated heterocycles. The Bertz CT molecular complexity index is 690. The molecule has 1 aliphatic rings. The quantitative estimate of drug-likeness (QED) is 0.603. The number of ketones is 1. The van der Waals surface area contributed by atoms with Crippen LogP contribution in [0.25, 0.3) is 0 Å². The second kappa shape index (κ2) is 9.70. The van der Waals surface area contributed by atoms with Crippen molar-refractivity contribution in [1.29, 1.82) is 0 Å². The van der Waals surface area contributed by atoms with E-state index in [1.165, 1.54) is 0 Å². The molecule has 0 aromatic heterocycles. The average Bonchev–Trinajstić information content (AvgIpc) is 2.64. The molecular weight excluding hydrogens is 350 g/mol. The summed E-state index contributed by atoms with van der Waals surface area (Å²) in [6.45, 7) is 4.04. The summed E-state index contributed by atoms with van der Waals surface area (Å²) in [5.74, 6) is -2.12. The van der Waals surface area contributed by atoms with Gasteiger partial charge in [0, 0.05) is 13.0 Å². The normalized spacial score (nSPS) is 17.8. The highest BCUT2D eigenvalue weighted by Crippen LogP contribution is 2.06. The zero-order valence-electron chi connectivity index (χ0n) is 15.5. The minimum absolute atomic E-state index is 0.184. The molecule has 146 valence electrons. The third kappa shape index (κ3) is 6.09. The van der Waals surface area contributed by atoms with E-state index in [-0.39, 0.29) is 12.5 Å². The first-order chi connectivity index (χ1) is 12.9. The Morgan fingerprint density at radius 1 is 1.22 bits per heavy atom. The SMILES string of the molecule is CC(C)C(NC(=O)OCCc1ccccc1)C(=O)NC1CCNC(=O)C1=O. The third-order valence-electron chi connectivity index (χ3n) is 4.26. The maximum Gasteiger partial charge on any atom is 0.407 e. The van der Waals surface area contributed by atoms with Crippen molar-refractivity contribution in [1.82, 2.24) is 16.0 Å². The number of Topliss-reactive ketones (excluding diaryl/α,β-unsaturated/α-hetero) is 1. The molecule has 8 heteroatoms. The van der Waals surface area contributed by atoms with E-state index >= 15 is 0 Å². The summed E-state index contributed by atoms with van der Waals surface area (Å²) in [6, 6.07) is 7.84. The van der Waals surface area contributed by atoms with Gasteiger partial charge in [-0.1, -0.05) is 44.2 Å². The number of hydrogen-bond acceptors (Lipinski definition) is 5. The van der Waals surface area contributed by atoms with E-state index in [0.29, 0.717) is 19.4 Å². The number of alkyl carbamates (subject to hydrolysis) is 1. The van der Waals surface area contributed by atoms with Gasteiger partial charge in [-0.3, -0.25) is 14.4 Å². The van der Waals surface area contributed by atoms with Crippen molar-refractivity contribution in [2.45, 2.75) is 38.8 Å². The minimum atomic E-state index is -0.872. The molecule has 8 nitrogen and oxygen atoms in total. The van der Waals surface area contributed by atoms with Crippen molar-refractivity contribution in [2.75, 3.05) is 13.2 Å². The van der Waals surface area contributed by atoms with Crippen molar-refractivity contribution >= 4 is 23.7 Å². The Morgan fingerprint density at radius 3 is 2.59 bits per heavy atom. The van der Waals surface area contributed by atoms with Crippen LogP contribution < -0.4 is 16.0 Å². The molecule has 2 rings (SSSR count). The molecule has 1 aliphatic heterocycles. The van der Waals surface area contributed by atoms with Crippen molar-refractivity contribution in [3.63, 3.8) is 0 Å². The van der Waals surface area contributed by atoms with Crippen molar-refractivity contribution in [2.24, 2.45) is 5.92 Å². The first-order valence-electron chi connectivity index (χ1n) is 8.98. The summed E-state index contributed by atoms with van der Waals surface area (Å²) in [7, 11) is 0. The van der Waals surface area contributed by atoms with Crippen LogP contribution in [-0.4, -0.2) is 48.9 Å². The smallest absolute Gasteiger partial charge is 0.407 e. The van der Waals surface area contributed by atoms with E-state index in [0.717, 1.165) is 5.56 Å². The number of amides is 3. The number of carbonyl (C=O) groups is 4. The third-order valence-corrected chi connectivity index (χ3v) is 4.26. The fourth-order valence-electron chi connectivity index (χ4n) is 2.72. The Labute approximate surface area is 158 Å². The predicted octanol–water partition coefficient (Wildman–Crippen LogP) is 0.554. The highest BCUT2D eigenvalue weighted by molar-refractivity contribution is 6.39. The highest BCUT2D eigenvalue weighted by atomic mass is 16.5. The number of hydrogen-bond donors (Lipinski definition) is 3. The van der Waals surface area contributed by atoms with Gasteiger partial charge in [-0.05, 0) is 17.9 Å². The monoisotopic (exact) mass is 375 g/mol. The predicted molar refractivity (Wildman–Crippen MR) is 97.8 cm³/mol. The van der Waals surface area contributed by atoms with Crippen LogP contribution in [0.1, 0.15) is 25.8 Å². The molecule has 1 heterocycles. The molecule has 1 aromatic carbocycles. The molecule has 0 spiro atoms. The van der Waals surface area contributed by atoms with E-state index in [4.69, 9.17) is 4.74 Å². The highest BCUT2D eigenvalue weighted by Gasteiger charge is 2.33. The van der Waals surface area contributed by atoms with Gasteiger partial charge in [0.15, 0.2) is 0 Å². The lowest BCUT2D eigenvalue weighted by Crippen LogP contribution is -2.58. The molecule has 1 fully saturated rings. The topological polar surface area (TPSA) is 114 Å². The molecule has 3 N–H and O–H groups in total. The summed E-state index contributed by atoms with van der Waals surface area (Å²) < 4.78 is 5.14. The number of nitrogens with one attached hydrogen (secondary N) is 3. The van der Waals surface area contributed by atoms with Gasteiger partial charge < -0.3 is 20.7 Å². The fourth-order valence-corrected chi connectivity index (χ4v) is 2.72. The number of carbonyl (C=O) groups excluding carboxylic acids is 4. The molecule has 2 unspecified atom stereocenters. The summed E-state index contributed by atoms with van der Waals surface area (Å²) in [5, 5.41) is 7.51. The molecule has 1 aromatic rings. The van der Waals surface area contributed by atoms with E-state index < -0.39 is 35.8 Å². The van der Waals surface area contributed by atoms with Crippen LogP contribution in [0.4, 0.5) is 4.79 Å². The van der Waals surface area contributed by atoms with E-state index in [1.54, 1.807) is 13.8 Å². The van der Waals surface area contributed by atoms with E-state index in [2.05, 4.69) is 16.0 Å². The summed E-state index contributed by atoms with van der Waals surface area (Å²) in [6.07, 6.45) is 0.189. The van der Waals surface area contributed by atoms with Gasteiger partial charge in [-0.15, -0.1) is 0 Å². The van der Waals surface area contributed by atoms with Crippen LogP contribution in [0.2, 0.25) is 0 Å². The van der Waals surface area contributed by atoms with Gasteiger partial charge in [0.05, 0.1) is 12.6 Å². The van der Waals surface area contributed by atoms with Crippen LogP contribution in [0.15, 0.2) is 30.3 Å². The molecule has 2 atom stereocenters. The number of benzene rings is 1. The summed E-state index contributed by atoms with van der Waals surface area (Å²) in [5.41, 5.74) is 1.04. The zero-order chi connectivity index (χ0) is 19.8. The Balaban J connectivity index is 1.84. The van der Waals surface area contributed by atoms with Crippen molar-refractivity contribution < 1.29 is 23.9 Å². The van der Waals surface area contributed by atoms with Gasteiger partial charge in [-0.25, -0.2) is 4.79 Å². The zero-order valence-corrected chi connectivity index (χ0v) is 15.5. The molecule has 0 bridgehead atoms. The maximum absolute atomic E-state index is 12.5. The van der Waals surface area contributed by atoms with Gasteiger partial charge in [0.2, 0.25) is 11.7 Å². The lowest BCUT2D eigenvalue weighted by Gasteiger charge is -2.26. The Kier molecular flexibility index (Phi) is 7.34. The Hall–Kier alpha value is -2.90. The van der Waals surface area contributed by atoms with Crippen molar-refractivity contribution in [3.8, 4) is 0 Å². The average molecular weight is 375 g/mol. The van der Waals surface area contributed by atoms with Gasteiger partial charge in [0.25, 0.3) is 5.91 Å². The second-order valence-electron chi connectivity index (χ2n) is 6.71. The lowest BCUT2D eigenvalue weighted by atomic mass is 10.0. The van der Waals surface area contributed by atoms with Crippen LogP contribution in [0.3, 0.4) is 0 Å². The lowest BCUT2D eigenvalue weighted by molar-refractivity contribution is -0.142. The maximum atomic E-state index is 12.5. The van der Waals surface area contributed by atoms with Crippen LogP contribution in [0.5, 0.6) is 0 Å². The second-order valence-corrected chi connectivity index (χ2v) is 6.71. The number of piperidine rings is 1. The molecule has 0 saturated carbocycles. The number of rotatable bonds is 7. The summed E-state index contributed by atoms with van der Waals surface area (Å²) >= 11 is 0. The van der Waals surface area contributed by atoms with Gasteiger partial charge in [0.1, 0.15) is 6.04 Å². The molecule has 0 aliphatic carbocycles. The minimum Gasteiger partial charge on any atom is -0.449 e. The largest absolute Gasteiger partial charge is 0.449 e. The molecular formula is C19H25N3O5. The fraction of sp³-hybridized carbons (Fsp3) is 0.474. The van der Waals surface area contributed by atoms with E-state index in [9.17, 15) is 19.2 Å². The van der Waals surface area contributed by atoms with Gasteiger partial charge >= 0.3 is 6.09 Å². The molecule has 3 amide bonds. The Morgan fingerprint density at radius 2 is 1.93 bits per heavy atom. The molecule has 0 radical (unpaired) electrons. The standard InChI is InChI=1S/C19H25N3O5/c1-12(2)15(17(24)21-14-8-10-20-18(25)16(14)23)22-19(26)27-11-9-13-6-4-3-5-7-13/h3-7,12,14-15H,8-11H2,1-2H3,(H,20,25)(H,21,24)(H,22,26). The van der Waals surface area contributed by atoms with Crippen molar-refractivity contribution in [3.05, 3.63) is 35.9 Å². The number of ether oxygens (including phenoxy) is 1. The van der Waals surface area contributed by atoms with Crippen LogP contribution >= 0.6 is 0 Å². The van der Waals surface area contributed by atoms with Crippen LogP contribution in [-0.2, 0) is 25.5 Å². The first kappa shape index (κ1) is 20.4. The molecule has 27 heavy (non-hydrogen) atoms. The summed E-state index contributed by atoms with van der Waals surface area (Å²) in [4.78, 5) is 47.7. The van der Waals surface area contributed by atoms with E-state index in [1.807, 2.05) is 30.3 Å². The van der Waals surface area contributed by atoms with Gasteiger partial charge in [-0.2, -0.15) is 0 Å². The van der Waals surface area contributed by atoms with Crippen LogP contribution in [0, 0.1) is 5.92 Å².